The molecule has 72 valence electrons. The number of aromatic nitrogens is 2. The molecule has 1 aromatic heterocycles. The number of hydrogen-bond donors (Lipinski definition) is 0. The fourth-order valence-corrected chi connectivity index (χ4v) is 1.84. The molecule has 13 heavy (non-hydrogen) atoms. The van der Waals surface area contributed by atoms with E-state index in [1.165, 1.54) is 25.9 Å². The third kappa shape index (κ3) is 2.31. The van der Waals surface area contributed by atoms with E-state index < -0.39 is 0 Å². The lowest BCUT2D eigenvalue weighted by atomic mass is 10.4. The summed E-state index contributed by atoms with van der Waals surface area (Å²) in [6, 6.07) is 2.06. The molecule has 1 aliphatic heterocycles. The highest BCUT2D eigenvalue weighted by molar-refractivity contribution is 4.94. The molecule has 0 unspecified atom stereocenters. The van der Waals surface area contributed by atoms with Gasteiger partial charge in [0, 0.05) is 12.7 Å². The van der Waals surface area contributed by atoms with Gasteiger partial charge in [-0.1, -0.05) is 0 Å². The summed E-state index contributed by atoms with van der Waals surface area (Å²) < 4.78 is 2.04. The molecular weight excluding hydrogens is 162 g/mol. The summed E-state index contributed by atoms with van der Waals surface area (Å²) in [5.41, 5.74) is 1.11. The zero-order valence-electron chi connectivity index (χ0n) is 8.24. The zero-order chi connectivity index (χ0) is 9.10. The quantitative estimate of drug-likeness (QED) is 0.697. The van der Waals surface area contributed by atoms with Crippen molar-refractivity contribution in [1.82, 2.24) is 14.7 Å². The lowest BCUT2D eigenvalue weighted by Crippen LogP contribution is -2.24. The van der Waals surface area contributed by atoms with Crippen molar-refractivity contribution in [3.63, 3.8) is 0 Å². The van der Waals surface area contributed by atoms with Crippen LogP contribution in [0.3, 0.4) is 0 Å². The van der Waals surface area contributed by atoms with Gasteiger partial charge in [0.25, 0.3) is 0 Å². The average molecular weight is 179 g/mol. The summed E-state index contributed by atoms with van der Waals surface area (Å²) in [6.07, 6.45) is 4.81. The Bertz CT molecular complexity index is 261. The number of rotatable bonds is 3. The zero-order valence-corrected chi connectivity index (χ0v) is 8.24. The van der Waals surface area contributed by atoms with Gasteiger partial charge in [0.05, 0.1) is 12.2 Å². The maximum absolute atomic E-state index is 4.36. The molecule has 0 aliphatic carbocycles. The fraction of sp³-hybridized carbons (Fsp3) is 0.700. The Hall–Kier alpha value is -0.830. The maximum Gasteiger partial charge on any atom is 0.0593 e. The van der Waals surface area contributed by atoms with E-state index in [2.05, 4.69) is 22.3 Å². The first-order chi connectivity index (χ1) is 6.34. The molecule has 1 fully saturated rings. The van der Waals surface area contributed by atoms with Crippen LogP contribution in [0.2, 0.25) is 0 Å². The van der Waals surface area contributed by atoms with Crippen molar-refractivity contribution in [2.75, 3.05) is 19.6 Å². The van der Waals surface area contributed by atoms with Gasteiger partial charge in [-0.25, -0.2) is 0 Å². The maximum atomic E-state index is 4.36. The Kier molecular flexibility index (Phi) is 2.64. The molecule has 3 nitrogen and oxygen atoms in total. The van der Waals surface area contributed by atoms with Crippen molar-refractivity contribution >= 4 is 0 Å². The summed E-state index contributed by atoms with van der Waals surface area (Å²) in [5, 5.41) is 4.36. The van der Waals surface area contributed by atoms with Crippen LogP contribution in [0.1, 0.15) is 18.5 Å². The third-order valence-corrected chi connectivity index (χ3v) is 2.62. The lowest BCUT2D eigenvalue weighted by Gasteiger charge is -2.13. The van der Waals surface area contributed by atoms with Crippen molar-refractivity contribution in [3.8, 4) is 0 Å². The molecule has 1 aliphatic rings. The minimum Gasteiger partial charge on any atom is -0.301 e. The highest BCUT2D eigenvalue weighted by Crippen LogP contribution is 2.06. The van der Waals surface area contributed by atoms with Gasteiger partial charge in [-0.3, -0.25) is 4.68 Å². The van der Waals surface area contributed by atoms with Gasteiger partial charge in [0.1, 0.15) is 0 Å². The van der Waals surface area contributed by atoms with E-state index in [0.29, 0.717) is 0 Å². The smallest absolute Gasteiger partial charge is 0.0593 e. The predicted octanol–water partition coefficient (Wildman–Crippen LogP) is 1.29. The molecule has 3 heteroatoms. The Morgan fingerprint density at radius 3 is 2.69 bits per heavy atom. The molecular formula is C10H17N3. The standard InChI is InChI=1S/C10H17N3/c1-10-4-7-13(11-10)9-8-12-5-2-3-6-12/h4,7H,2-3,5-6,8-9H2,1H3. The molecule has 1 saturated heterocycles. The van der Waals surface area contributed by atoms with Crippen LogP contribution in [0.5, 0.6) is 0 Å². The molecule has 0 aromatic carbocycles. The molecule has 2 heterocycles. The summed E-state index contributed by atoms with van der Waals surface area (Å²) in [5.74, 6) is 0. The number of aryl methyl sites for hydroxylation is 1. The fourth-order valence-electron chi connectivity index (χ4n) is 1.84. The number of likely N-dealkylation sites (tertiary alicyclic amines) is 1. The summed E-state index contributed by atoms with van der Waals surface area (Å²) in [4.78, 5) is 2.51. The molecule has 2 rings (SSSR count). The van der Waals surface area contributed by atoms with Crippen LogP contribution in [0, 0.1) is 6.92 Å². The highest BCUT2D eigenvalue weighted by Gasteiger charge is 2.10. The van der Waals surface area contributed by atoms with Crippen LogP contribution in [0.25, 0.3) is 0 Å². The van der Waals surface area contributed by atoms with Gasteiger partial charge in [0.15, 0.2) is 0 Å². The van der Waals surface area contributed by atoms with Crippen LogP contribution in [-0.2, 0) is 6.54 Å². The minimum atomic E-state index is 1.04. The second-order valence-electron chi connectivity index (χ2n) is 3.77. The molecule has 0 amide bonds. The Morgan fingerprint density at radius 1 is 1.31 bits per heavy atom. The Balaban J connectivity index is 1.78. The van der Waals surface area contributed by atoms with Crippen molar-refractivity contribution < 1.29 is 0 Å². The van der Waals surface area contributed by atoms with Crippen molar-refractivity contribution in [3.05, 3.63) is 18.0 Å². The van der Waals surface area contributed by atoms with E-state index in [0.717, 1.165) is 18.8 Å². The molecule has 0 bridgehead atoms. The third-order valence-electron chi connectivity index (χ3n) is 2.62. The van der Waals surface area contributed by atoms with E-state index in [-0.39, 0.29) is 0 Å². The van der Waals surface area contributed by atoms with Gasteiger partial charge in [-0.15, -0.1) is 0 Å². The minimum absolute atomic E-state index is 1.04. The second-order valence-corrected chi connectivity index (χ2v) is 3.77. The summed E-state index contributed by atoms with van der Waals surface area (Å²) in [6.45, 7) is 6.78. The Labute approximate surface area is 79.3 Å². The molecule has 0 radical (unpaired) electrons. The molecule has 0 N–H and O–H groups in total. The van der Waals surface area contributed by atoms with Gasteiger partial charge < -0.3 is 4.90 Å². The van der Waals surface area contributed by atoms with Gasteiger partial charge in [-0.05, 0) is 38.9 Å². The van der Waals surface area contributed by atoms with Gasteiger partial charge in [0.2, 0.25) is 0 Å². The van der Waals surface area contributed by atoms with Crippen molar-refractivity contribution in [2.45, 2.75) is 26.3 Å². The van der Waals surface area contributed by atoms with Crippen LogP contribution in [0.4, 0.5) is 0 Å². The molecule has 0 atom stereocenters. The van der Waals surface area contributed by atoms with Gasteiger partial charge in [-0.2, -0.15) is 5.10 Å². The Morgan fingerprint density at radius 2 is 2.08 bits per heavy atom. The van der Waals surface area contributed by atoms with Crippen LogP contribution >= 0.6 is 0 Å². The lowest BCUT2D eigenvalue weighted by molar-refractivity contribution is 0.315. The van der Waals surface area contributed by atoms with Crippen LogP contribution in [-0.4, -0.2) is 34.3 Å². The monoisotopic (exact) mass is 179 g/mol. The largest absolute Gasteiger partial charge is 0.301 e. The van der Waals surface area contributed by atoms with Crippen LogP contribution in [0.15, 0.2) is 12.3 Å². The SMILES string of the molecule is Cc1ccn(CCN2CCCC2)n1. The molecule has 0 spiro atoms. The second kappa shape index (κ2) is 3.92. The predicted molar refractivity (Wildman–Crippen MR) is 52.6 cm³/mol. The number of nitrogens with zero attached hydrogens (tertiary/aromatic N) is 3. The van der Waals surface area contributed by atoms with Crippen molar-refractivity contribution in [1.29, 1.82) is 0 Å². The van der Waals surface area contributed by atoms with E-state index >= 15 is 0 Å². The topological polar surface area (TPSA) is 21.1 Å². The van der Waals surface area contributed by atoms with E-state index in [9.17, 15) is 0 Å². The first-order valence-corrected chi connectivity index (χ1v) is 5.07. The molecule has 1 aromatic rings. The first-order valence-electron chi connectivity index (χ1n) is 5.07. The van der Waals surface area contributed by atoms with E-state index in [1.54, 1.807) is 0 Å². The van der Waals surface area contributed by atoms with E-state index in [1.807, 2.05) is 11.6 Å². The van der Waals surface area contributed by atoms with Gasteiger partial charge >= 0.3 is 0 Å². The van der Waals surface area contributed by atoms with Crippen molar-refractivity contribution in [2.24, 2.45) is 0 Å². The van der Waals surface area contributed by atoms with E-state index in [4.69, 9.17) is 0 Å². The summed E-state index contributed by atoms with van der Waals surface area (Å²) >= 11 is 0. The summed E-state index contributed by atoms with van der Waals surface area (Å²) in [7, 11) is 0. The number of hydrogen-bond acceptors (Lipinski definition) is 2. The average Bonchev–Trinajstić information content (AvgIpc) is 2.71. The normalized spacial score (nSPS) is 18.2. The molecule has 0 saturated carbocycles. The highest BCUT2D eigenvalue weighted by atomic mass is 15.3. The first kappa shape index (κ1) is 8.75. The van der Waals surface area contributed by atoms with Crippen LogP contribution < -0.4 is 0 Å².